The predicted molar refractivity (Wildman–Crippen MR) is 94.6 cm³/mol. The van der Waals surface area contributed by atoms with Crippen molar-refractivity contribution in [3.8, 4) is 0 Å². The van der Waals surface area contributed by atoms with E-state index < -0.39 is 6.04 Å². The topological polar surface area (TPSA) is 55.4 Å². The molecule has 25 heavy (non-hydrogen) atoms. The zero-order valence-electron chi connectivity index (χ0n) is 14.8. The zero-order valence-corrected chi connectivity index (χ0v) is 14.8. The van der Waals surface area contributed by atoms with Gasteiger partial charge in [-0.2, -0.15) is 0 Å². The first-order valence-corrected chi connectivity index (χ1v) is 9.56. The van der Waals surface area contributed by atoms with Gasteiger partial charge in [0.15, 0.2) is 0 Å². The van der Waals surface area contributed by atoms with Crippen LogP contribution in [0, 0.1) is 29.6 Å². The predicted octanol–water partition coefficient (Wildman–Crippen LogP) is 2.96. The molecule has 4 nitrogen and oxygen atoms in total. The number of hydrogen-bond acceptors (Lipinski definition) is 3. The molecule has 134 valence electrons. The van der Waals surface area contributed by atoms with Crippen LogP contribution in [0.5, 0.6) is 0 Å². The smallest absolute Gasteiger partial charge is 0.328 e. The van der Waals surface area contributed by atoms with Crippen molar-refractivity contribution in [2.45, 2.75) is 44.6 Å². The van der Waals surface area contributed by atoms with Gasteiger partial charge in [-0.25, -0.2) is 4.79 Å². The van der Waals surface area contributed by atoms with Gasteiger partial charge in [-0.05, 0) is 61.3 Å². The van der Waals surface area contributed by atoms with Gasteiger partial charge in [0.05, 0.1) is 7.11 Å². The summed E-state index contributed by atoms with van der Waals surface area (Å²) in [7, 11) is 1.38. The molecule has 0 heterocycles. The van der Waals surface area contributed by atoms with Crippen LogP contribution in [0.25, 0.3) is 0 Å². The van der Waals surface area contributed by atoms with E-state index >= 15 is 0 Å². The number of carbonyl (C=O) groups is 2. The SMILES string of the molecule is COC(=O)[C@H](Cc1ccccc1)NC(=O)C1C2CC3CC(C2)CC1C3. The molecule has 0 aromatic heterocycles. The molecule has 0 saturated heterocycles. The van der Waals surface area contributed by atoms with E-state index in [0.717, 1.165) is 17.4 Å². The Kier molecular flexibility index (Phi) is 4.53. The third kappa shape index (κ3) is 3.31. The van der Waals surface area contributed by atoms with E-state index in [-0.39, 0.29) is 17.8 Å². The number of methoxy groups -OCH3 is 1. The molecule has 0 spiro atoms. The quantitative estimate of drug-likeness (QED) is 0.838. The second kappa shape index (κ2) is 6.81. The molecule has 4 saturated carbocycles. The van der Waals surface area contributed by atoms with E-state index in [9.17, 15) is 9.59 Å². The molecule has 1 aromatic carbocycles. The van der Waals surface area contributed by atoms with Crippen molar-refractivity contribution < 1.29 is 14.3 Å². The van der Waals surface area contributed by atoms with Crippen LogP contribution in [0.3, 0.4) is 0 Å². The summed E-state index contributed by atoms with van der Waals surface area (Å²) in [5.74, 6) is 2.52. The second-order valence-electron chi connectivity index (χ2n) is 8.23. The van der Waals surface area contributed by atoms with Crippen molar-refractivity contribution in [2.75, 3.05) is 7.11 Å². The number of nitrogens with one attached hydrogen (secondary N) is 1. The van der Waals surface area contributed by atoms with Crippen LogP contribution in [0.1, 0.15) is 37.7 Å². The Morgan fingerprint density at radius 1 is 1.04 bits per heavy atom. The third-order valence-electron chi connectivity index (χ3n) is 6.61. The van der Waals surface area contributed by atoms with E-state index in [1.807, 2.05) is 30.3 Å². The fourth-order valence-electron chi connectivity index (χ4n) is 5.81. The molecule has 4 bridgehead atoms. The Balaban J connectivity index is 1.46. The highest BCUT2D eigenvalue weighted by atomic mass is 16.5. The highest BCUT2D eigenvalue weighted by Gasteiger charge is 2.51. The van der Waals surface area contributed by atoms with Gasteiger partial charge in [-0.1, -0.05) is 30.3 Å². The van der Waals surface area contributed by atoms with E-state index in [1.165, 1.54) is 39.2 Å². The molecule has 1 N–H and O–H groups in total. The first-order valence-electron chi connectivity index (χ1n) is 9.56. The van der Waals surface area contributed by atoms with Crippen LogP contribution in [-0.4, -0.2) is 25.0 Å². The van der Waals surface area contributed by atoms with E-state index in [1.54, 1.807) is 0 Å². The van der Waals surface area contributed by atoms with E-state index in [2.05, 4.69) is 5.32 Å². The van der Waals surface area contributed by atoms with Gasteiger partial charge in [0, 0.05) is 12.3 Å². The van der Waals surface area contributed by atoms with Crippen LogP contribution < -0.4 is 5.32 Å². The highest BCUT2D eigenvalue weighted by molar-refractivity contribution is 5.86. The molecule has 0 aliphatic heterocycles. The van der Waals surface area contributed by atoms with Crippen LogP contribution in [0.15, 0.2) is 30.3 Å². The van der Waals surface area contributed by atoms with Crippen LogP contribution >= 0.6 is 0 Å². The molecule has 5 rings (SSSR count). The average molecular weight is 341 g/mol. The summed E-state index contributed by atoms with van der Waals surface area (Å²) in [5, 5.41) is 3.03. The van der Waals surface area contributed by atoms with Gasteiger partial charge in [-0.15, -0.1) is 0 Å². The van der Waals surface area contributed by atoms with Crippen LogP contribution in [0.4, 0.5) is 0 Å². The summed E-state index contributed by atoms with van der Waals surface area (Å²) in [5.41, 5.74) is 1.03. The molecule has 0 unspecified atom stereocenters. The number of rotatable bonds is 5. The molecule has 1 atom stereocenters. The summed E-state index contributed by atoms with van der Waals surface area (Å²) in [4.78, 5) is 25.2. The normalized spacial score (nSPS) is 33.7. The Hall–Kier alpha value is -1.84. The Morgan fingerprint density at radius 2 is 1.64 bits per heavy atom. The van der Waals surface area contributed by atoms with E-state index in [0.29, 0.717) is 18.3 Å². The molecule has 1 aromatic rings. The third-order valence-corrected chi connectivity index (χ3v) is 6.61. The Bertz CT molecular complexity index is 614. The van der Waals surface area contributed by atoms with Gasteiger partial charge in [0.2, 0.25) is 5.91 Å². The molecule has 0 radical (unpaired) electrons. The van der Waals surface area contributed by atoms with Gasteiger partial charge in [0.1, 0.15) is 6.04 Å². The molecule has 4 fully saturated rings. The van der Waals surface area contributed by atoms with Crippen LogP contribution in [0.2, 0.25) is 0 Å². The minimum atomic E-state index is -0.600. The zero-order chi connectivity index (χ0) is 17.4. The van der Waals surface area contributed by atoms with Crippen molar-refractivity contribution in [3.63, 3.8) is 0 Å². The lowest BCUT2D eigenvalue weighted by Crippen LogP contribution is -2.54. The van der Waals surface area contributed by atoms with E-state index in [4.69, 9.17) is 4.74 Å². The average Bonchev–Trinajstić information content (AvgIpc) is 2.60. The first-order chi connectivity index (χ1) is 12.1. The summed E-state index contributed by atoms with van der Waals surface area (Å²) in [6, 6.07) is 9.20. The van der Waals surface area contributed by atoms with Crippen molar-refractivity contribution >= 4 is 11.9 Å². The maximum absolute atomic E-state index is 13.0. The molecule has 4 heteroatoms. The lowest BCUT2D eigenvalue weighted by atomic mass is 9.51. The number of benzene rings is 1. The van der Waals surface area contributed by atoms with Crippen molar-refractivity contribution in [1.29, 1.82) is 0 Å². The summed E-state index contributed by atoms with van der Waals surface area (Å²) < 4.78 is 4.94. The van der Waals surface area contributed by atoms with Gasteiger partial charge in [0.25, 0.3) is 0 Å². The summed E-state index contributed by atoms with van der Waals surface area (Å²) >= 11 is 0. The molecule has 4 aliphatic rings. The Labute approximate surface area is 149 Å². The number of esters is 1. The molecule has 4 aliphatic carbocycles. The standard InChI is InChI=1S/C21H27NO3/c1-25-21(24)18(12-13-5-3-2-4-6-13)22-20(23)19-16-8-14-7-15(10-16)11-17(19)9-14/h2-6,14-19H,7-12H2,1H3,(H,22,23)/t14?,15?,16?,17?,18-,19?/m0/s1. The summed E-state index contributed by atoms with van der Waals surface area (Å²) in [6.07, 6.45) is 6.66. The molecular weight excluding hydrogens is 314 g/mol. The fraction of sp³-hybridized carbons (Fsp3) is 0.619. The van der Waals surface area contributed by atoms with Gasteiger partial charge in [-0.3, -0.25) is 4.79 Å². The lowest BCUT2D eigenvalue weighted by molar-refractivity contribution is -0.148. The number of carbonyl (C=O) groups excluding carboxylic acids is 2. The molecule has 1 amide bonds. The first kappa shape index (κ1) is 16.6. The largest absolute Gasteiger partial charge is 0.467 e. The number of hydrogen-bond donors (Lipinski definition) is 1. The minimum absolute atomic E-state index is 0.0696. The maximum atomic E-state index is 13.0. The number of ether oxygens (including phenoxy) is 1. The monoisotopic (exact) mass is 341 g/mol. The maximum Gasteiger partial charge on any atom is 0.328 e. The summed E-state index contributed by atoms with van der Waals surface area (Å²) in [6.45, 7) is 0. The van der Waals surface area contributed by atoms with Gasteiger partial charge < -0.3 is 10.1 Å². The van der Waals surface area contributed by atoms with Crippen LogP contribution in [-0.2, 0) is 20.7 Å². The Morgan fingerprint density at radius 3 is 2.20 bits per heavy atom. The highest BCUT2D eigenvalue weighted by Crippen LogP contribution is 2.56. The number of amides is 1. The molecular formula is C21H27NO3. The van der Waals surface area contributed by atoms with Crippen molar-refractivity contribution in [3.05, 3.63) is 35.9 Å². The van der Waals surface area contributed by atoms with Crippen molar-refractivity contribution in [1.82, 2.24) is 5.32 Å². The second-order valence-corrected chi connectivity index (χ2v) is 8.23. The lowest BCUT2D eigenvalue weighted by Gasteiger charge is -2.53. The van der Waals surface area contributed by atoms with Gasteiger partial charge >= 0.3 is 5.97 Å². The van der Waals surface area contributed by atoms with Crippen molar-refractivity contribution in [2.24, 2.45) is 29.6 Å². The minimum Gasteiger partial charge on any atom is -0.467 e. The fourth-order valence-corrected chi connectivity index (χ4v) is 5.81.